The molecule has 148 valence electrons. The number of nitrogens with zero attached hydrogens (tertiary/aromatic N) is 5. The predicted molar refractivity (Wildman–Crippen MR) is 102 cm³/mol. The molecule has 1 fully saturated rings. The predicted octanol–water partition coefficient (Wildman–Crippen LogP) is 0.673. The summed E-state index contributed by atoms with van der Waals surface area (Å²) in [6.07, 6.45) is 11.2. The molecule has 2 aliphatic rings. The van der Waals surface area contributed by atoms with E-state index in [1.807, 2.05) is 11.9 Å². The highest BCUT2D eigenvalue weighted by molar-refractivity contribution is 5.79. The molecule has 1 N–H and O–H groups in total. The van der Waals surface area contributed by atoms with E-state index in [1.54, 1.807) is 11.0 Å². The van der Waals surface area contributed by atoms with E-state index < -0.39 is 0 Å². The van der Waals surface area contributed by atoms with E-state index in [2.05, 4.69) is 32.5 Å². The van der Waals surface area contributed by atoms with Gasteiger partial charge in [-0.05, 0) is 32.7 Å². The molecule has 27 heavy (non-hydrogen) atoms. The van der Waals surface area contributed by atoms with E-state index in [4.69, 9.17) is 0 Å². The first-order valence-corrected chi connectivity index (χ1v) is 9.86. The van der Waals surface area contributed by atoms with Gasteiger partial charge >= 0.3 is 0 Å². The molecule has 0 bridgehead atoms. The van der Waals surface area contributed by atoms with Crippen LogP contribution in [0.1, 0.15) is 32.1 Å². The highest BCUT2D eigenvalue weighted by atomic mass is 16.2. The zero-order valence-corrected chi connectivity index (χ0v) is 16.1. The van der Waals surface area contributed by atoms with Crippen molar-refractivity contribution in [2.24, 2.45) is 5.92 Å². The molecule has 2 amide bonds. The quantitative estimate of drug-likeness (QED) is 0.740. The van der Waals surface area contributed by atoms with E-state index >= 15 is 0 Å². The largest absolute Gasteiger partial charge is 0.352 e. The smallest absolute Gasteiger partial charge is 0.227 e. The summed E-state index contributed by atoms with van der Waals surface area (Å²) in [4.78, 5) is 33.1. The summed E-state index contributed by atoms with van der Waals surface area (Å²) in [5.74, 6) is 0.348. The van der Waals surface area contributed by atoms with Crippen LogP contribution in [0.4, 0.5) is 0 Å². The Balaban J connectivity index is 1.43. The molecule has 1 saturated heterocycles. The van der Waals surface area contributed by atoms with Crippen LogP contribution in [0.3, 0.4) is 0 Å². The van der Waals surface area contributed by atoms with Crippen molar-refractivity contribution in [3.8, 4) is 0 Å². The molecule has 3 heterocycles. The Morgan fingerprint density at radius 1 is 1.22 bits per heavy atom. The van der Waals surface area contributed by atoms with Crippen LogP contribution in [0.25, 0.3) is 0 Å². The van der Waals surface area contributed by atoms with Crippen molar-refractivity contribution >= 4 is 11.8 Å². The molecule has 0 aromatic carbocycles. The third-order valence-electron chi connectivity index (χ3n) is 5.27. The third kappa shape index (κ3) is 5.89. The zero-order valence-electron chi connectivity index (χ0n) is 16.1. The minimum absolute atomic E-state index is 0.0238. The summed E-state index contributed by atoms with van der Waals surface area (Å²) in [5, 5.41) is 7.19. The normalized spacial score (nSPS) is 23.8. The van der Waals surface area contributed by atoms with Gasteiger partial charge in [-0.15, -0.1) is 0 Å². The fourth-order valence-electron chi connectivity index (χ4n) is 3.88. The lowest BCUT2D eigenvalue weighted by Crippen LogP contribution is -2.43. The second kappa shape index (κ2) is 9.64. The number of aryl methyl sites for hydroxylation is 1. The van der Waals surface area contributed by atoms with Gasteiger partial charge in [0.05, 0.1) is 5.92 Å². The monoisotopic (exact) mass is 374 g/mol. The van der Waals surface area contributed by atoms with E-state index in [-0.39, 0.29) is 23.8 Å². The van der Waals surface area contributed by atoms with Crippen molar-refractivity contribution in [3.05, 3.63) is 24.8 Å². The van der Waals surface area contributed by atoms with Crippen molar-refractivity contribution in [1.29, 1.82) is 0 Å². The van der Waals surface area contributed by atoms with Crippen LogP contribution in [0, 0.1) is 5.92 Å². The van der Waals surface area contributed by atoms with Crippen LogP contribution in [0.2, 0.25) is 0 Å². The Morgan fingerprint density at radius 3 is 2.85 bits per heavy atom. The maximum Gasteiger partial charge on any atom is 0.227 e. The van der Waals surface area contributed by atoms with Crippen LogP contribution >= 0.6 is 0 Å². The van der Waals surface area contributed by atoms with Gasteiger partial charge in [0.25, 0.3) is 0 Å². The highest BCUT2D eigenvalue weighted by Gasteiger charge is 2.30. The number of hydrogen-bond donors (Lipinski definition) is 1. The maximum atomic E-state index is 12.8. The molecule has 1 aromatic heterocycles. The maximum absolute atomic E-state index is 12.8. The van der Waals surface area contributed by atoms with Gasteiger partial charge in [-0.3, -0.25) is 14.3 Å². The number of aromatic nitrogens is 3. The summed E-state index contributed by atoms with van der Waals surface area (Å²) < 4.78 is 1.73. The van der Waals surface area contributed by atoms with Gasteiger partial charge in [-0.2, -0.15) is 5.10 Å². The first kappa shape index (κ1) is 19.5. The molecule has 0 spiro atoms. The van der Waals surface area contributed by atoms with E-state index in [0.717, 1.165) is 51.9 Å². The number of rotatable bonds is 6. The van der Waals surface area contributed by atoms with Gasteiger partial charge in [-0.1, -0.05) is 12.2 Å². The molecule has 0 unspecified atom stereocenters. The molecule has 0 aliphatic carbocycles. The average molecular weight is 374 g/mol. The molecule has 3 rings (SSSR count). The van der Waals surface area contributed by atoms with Gasteiger partial charge < -0.3 is 15.1 Å². The van der Waals surface area contributed by atoms with Crippen molar-refractivity contribution in [3.63, 3.8) is 0 Å². The highest BCUT2D eigenvalue weighted by Crippen LogP contribution is 2.19. The number of hydrogen-bond acceptors (Lipinski definition) is 5. The van der Waals surface area contributed by atoms with Gasteiger partial charge in [0.1, 0.15) is 12.7 Å². The zero-order chi connectivity index (χ0) is 19.1. The van der Waals surface area contributed by atoms with Gasteiger partial charge in [-0.25, -0.2) is 4.98 Å². The molecule has 0 radical (unpaired) electrons. The van der Waals surface area contributed by atoms with Crippen molar-refractivity contribution < 1.29 is 9.59 Å². The lowest BCUT2D eigenvalue weighted by atomic mass is 9.99. The molecule has 8 heteroatoms. The summed E-state index contributed by atoms with van der Waals surface area (Å²) >= 11 is 0. The number of likely N-dealkylation sites (tertiary alicyclic amines) is 1. The second-order valence-electron chi connectivity index (χ2n) is 7.57. The second-order valence-corrected chi connectivity index (χ2v) is 7.57. The Morgan fingerprint density at radius 2 is 2.11 bits per heavy atom. The van der Waals surface area contributed by atoms with Gasteiger partial charge in [0, 0.05) is 45.2 Å². The number of nitrogens with one attached hydrogen (secondary N) is 1. The molecule has 0 saturated carbocycles. The fraction of sp³-hybridized carbons (Fsp3) is 0.684. The van der Waals surface area contributed by atoms with Gasteiger partial charge in [0.15, 0.2) is 0 Å². The topological polar surface area (TPSA) is 83.4 Å². The SMILES string of the molecule is CN1C[C@@H](NC(=O)CCCn2cncn2)CC[C@@H](C(=O)N2CC=CCC2)C1. The number of carbonyl (C=O) groups is 2. The van der Waals surface area contributed by atoms with Crippen molar-refractivity contribution in [2.75, 3.05) is 33.2 Å². The Labute approximate surface area is 160 Å². The molecule has 2 aliphatic heterocycles. The van der Waals surface area contributed by atoms with Crippen LogP contribution in [-0.2, 0) is 16.1 Å². The lowest BCUT2D eigenvalue weighted by molar-refractivity contribution is -0.135. The van der Waals surface area contributed by atoms with Crippen LogP contribution in [-0.4, -0.2) is 75.6 Å². The van der Waals surface area contributed by atoms with E-state index in [9.17, 15) is 9.59 Å². The molecule has 1 aromatic rings. The summed E-state index contributed by atoms with van der Waals surface area (Å²) in [7, 11) is 2.03. The lowest BCUT2D eigenvalue weighted by Gasteiger charge is -2.28. The number of likely N-dealkylation sites (N-methyl/N-ethyl adjacent to an activating group) is 1. The van der Waals surface area contributed by atoms with Crippen LogP contribution in [0.15, 0.2) is 24.8 Å². The molecular weight excluding hydrogens is 344 g/mol. The molecule has 8 nitrogen and oxygen atoms in total. The minimum Gasteiger partial charge on any atom is -0.352 e. The first-order valence-electron chi connectivity index (χ1n) is 9.86. The Bertz CT molecular complexity index is 645. The third-order valence-corrected chi connectivity index (χ3v) is 5.27. The van der Waals surface area contributed by atoms with E-state index in [0.29, 0.717) is 13.0 Å². The molecule has 2 atom stereocenters. The fourth-order valence-corrected chi connectivity index (χ4v) is 3.88. The Kier molecular flexibility index (Phi) is 6.98. The van der Waals surface area contributed by atoms with Crippen LogP contribution < -0.4 is 5.32 Å². The summed E-state index contributed by atoms with van der Waals surface area (Å²) in [6, 6.07) is 0.105. The van der Waals surface area contributed by atoms with Gasteiger partial charge in [0.2, 0.25) is 11.8 Å². The van der Waals surface area contributed by atoms with Crippen molar-refractivity contribution in [1.82, 2.24) is 29.9 Å². The summed E-state index contributed by atoms with van der Waals surface area (Å²) in [6.45, 7) is 3.79. The molecular formula is C19H30N6O2. The Hall–Kier alpha value is -2.22. The standard InChI is InChI=1S/C19H30N6O2/c1-23-12-16(19(27)24-9-3-2-4-10-24)7-8-17(13-23)22-18(26)6-5-11-25-15-20-14-21-25/h2-3,14-17H,4-13H2,1H3,(H,22,26)/t16-,17+/m1/s1. The summed E-state index contributed by atoms with van der Waals surface area (Å²) in [5.41, 5.74) is 0. The van der Waals surface area contributed by atoms with Crippen molar-refractivity contribution in [2.45, 2.75) is 44.7 Å². The number of carbonyl (C=O) groups excluding carboxylic acids is 2. The van der Waals surface area contributed by atoms with Crippen LogP contribution in [0.5, 0.6) is 0 Å². The van der Waals surface area contributed by atoms with E-state index in [1.165, 1.54) is 6.33 Å². The average Bonchev–Trinajstić information content (AvgIpc) is 3.11. The number of amides is 2. The minimum atomic E-state index is 0.0238. The first-order chi connectivity index (χ1) is 13.1.